The van der Waals surface area contributed by atoms with Gasteiger partial charge in [-0.15, -0.1) is 12.4 Å². The van der Waals surface area contributed by atoms with Crippen LogP contribution in [0.5, 0.6) is 0 Å². The predicted molar refractivity (Wildman–Crippen MR) is 121 cm³/mol. The summed E-state index contributed by atoms with van der Waals surface area (Å²) in [5.74, 6) is -0.443. The highest BCUT2D eigenvalue weighted by atomic mass is 35.5. The van der Waals surface area contributed by atoms with E-state index in [0.717, 1.165) is 16.7 Å². The first kappa shape index (κ1) is 21.0. The van der Waals surface area contributed by atoms with Crippen LogP contribution in [0.25, 0.3) is 12.2 Å². The minimum absolute atomic E-state index is 0. The number of hydrogen-bond donors (Lipinski definition) is 2. The Morgan fingerprint density at radius 2 is 1.27 bits per heavy atom. The van der Waals surface area contributed by atoms with Crippen molar-refractivity contribution in [3.8, 4) is 0 Å². The SMILES string of the molecule is Cl.N=C(N)c1ccc(C=Cc2ccc(CN3C(=O)c4ccccc4C3=O)cc2)cc1. The van der Waals surface area contributed by atoms with Gasteiger partial charge in [-0.1, -0.05) is 72.8 Å². The van der Waals surface area contributed by atoms with E-state index < -0.39 is 0 Å². The molecule has 0 atom stereocenters. The van der Waals surface area contributed by atoms with Crippen LogP contribution in [-0.4, -0.2) is 22.5 Å². The van der Waals surface area contributed by atoms with Gasteiger partial charge in [-0.25, -0.2) is 0 Å². The molecule has 0 aromatic heterocycles. The van der Waals surface area contributed by atoms with Crippen LogP contribution < -0.4 is 5.73 Å². The summed E-state index contributed by atoms with van der Waals surface area (Å²) in [7, 11) is 0. The monoisotopic (exact) mass is 417 g/mol. The van der Waals surface area contributed by atoms with Gasteiger partial charge in [0.1, 0.15) is 5.84 Å². The predicted octanol–water partition coefficient (Wildman–Crippen LogP) is 4.36. The molecule has 0 bridgehead atoms. The van der Waals surface area contributed by atoms with Crippen molar-refractivity contribution in [3.05, 3.63) is 106 Å². The highest BCUT2D eigenvalue weighted by Crippen LogP contribution is 2.24. The quantitative estimate of drug-likeness (QED) is 0.280. The molecule has 5 nitrogen and oxygen atoms in total. The zero-order valence-electron chi connectivity index (χ0n) is 16.0. The van der Waals surface area contributed by atoms with Crippen LogP contribution in [0.3, 0.4) is 0 Å². The van der Waals surface area contributed by atoms with Crippen LogP contribution in [0.15, 0.2) is 72.8 Å². The Morgan fingerprint density at radius 3 is 1.73 bits per heavy atom. The maximum absolute atomic E-state index is 12.5. The molecule has 0 fully saturated rings. The molecule has 0 radical (unpaired) electrons. The number of nitrogen functional groups attached to an aromatic ring is 1. The molecule has 6 heteroatoms. The number of hydrogen-bond acceptors (Lipinski definition) is 3. The third-order valence-corrected chi connectivity index (χ3v) is 4.89. The number of nitrogens with one attached hydrogen (secondary N) is 1. The van der Waals surface area contributed by atoms with E-state index in [1.165, 1.54) is 4.90 Å². The number of nitrogens with two attached hydrogens (primary N) is 1. The van der Waals surface area contributed by atoms with Crippen molar-refractivity contribution in [1.29, 1.82) is 5.41 Å². The smallest absolute Gasteiger partial charge is 0.261 e. The number of amidine groups is 1. The number of carbonyl (C=O) groups excluding carboxylic acids is 2. The van der Waals surface area contributed by atoms with E-state index in [-0.39, 0.29) is 36.6 Å². The van der Waals surface area contributed by atoms with Gasteiger partial charge in [0.25, 0.3) is 11.8 Å². The van der Waals surface area contributed by atoms with E-state index in [1.807, 2.05) is 60.7 Å². The molecular formula is C24H20ClN3O2. The highest BCUT2D eigenvalue weighted by Gasteiger charge is 2.34. The van der Waals surface area contributed by atoms with Crippen LogP contribution in [0, 0.1) is 5.41 Å². The van der Waals surface area contributed by atoms with Crippen LogP contribution >= 0.6 is 12.4 Å². The minimum atomic E-state index is -0.247. The number of fused-ring (bicyclic) bond motifs is 1. The molecule has 0 aliphatic carbocycles. The maximum atomic E-state index is 12.5. The van der Waals surface area contributed by atoms with E-state index in [1.54, 1.807) is 24.3 Å². The van der Waals surface area contributed by atoms with E-state index in [9.17, 15) is 9.59 Å². The molecule has 0 spiro atoms. The molecule has 2 amide bonds. The van der Waals surface area contributed by atoms with Crippen molar-refractivity contribution in [2.45, 2.75) is 6.54 Å². The molecule has 30 heavy (non-hydrogen) atoms. The van der Waals surface area contributed by atoms with Crippen molar-refractivity contribution >= 4 is 42.2 Å². The number of rotatable bonds is 5. The summed E-state index contributed by atoms with van der Waals surface area (Å²) in [5, 5.41) is 7.42. The Bertz CT molecular complexity index is 1100. The van der Waals surface area contributed by atoms with Crippen molar-refractivity contribution in [1.82, 2.24) is 4.90 Å². The van der Waals surface area contributed by atoms with Gasteiger partial charge in [0.15, 0.2) is 0 Å². The van der Waals surface area contributed by atoms with Gasteiger partial charge in [-0.2, -0.15) is 0 Å². The Labute approximate surface area is 180 Å². The third kappa shape index (κ3) is 4.16. The third-order valence-electron chi connectivity index (χ3n) is 4.89. The number of nitrogens with zero attached hydrogens (tertiary/aromatic N) is 1. The fraction of sp³-hybridized carbons (Fsp3) is 0.0417. The topological polar surface area (TPSA) is 87.2 Å². The molecule has 1 heterocycles. The first-order valence-electron chi connectivity index (χ1n) is 9.19. The standard InChI is InChI=1S/C24H19N3O2.ClH/c25-22(26)19-13-11-17(12-14-19)6-5-16-7-9-18(10-8-16)15-27-23(28)20-3-1-2-4-21(20)24(27)29;/h1-14H,15H2,(H3,25,26);1H. The zero-order chi connectivity index (χ0) is 20.4. The molecule has 0 saturated carbocycles. The van der Waals surface area contributed by atoms with Gasteiger partial charge in [-0.05, 0) is 28.8 Å². The molecule has 3 N–H and O–H groups in total. The van der Waals surface area contributed by atoms with Gasteiger partial charge in [-0.3, -0.25) is 19.9 Å². The Balaban J connectivity index is 0.00000256. The van der Waals surface area contributed by atoms with Crippen LogP contribution in [0.4, 0.5) is 0 Å². The highest BCUT2D eigenvalue weighted by molar-refractivity contribution is 6.21. The molecule has 3 aromatic carbocycles. The van der Waals surface area contributed by atoms with E-state index in [0.29, 0.717) is 16.7 Å². The van der Waals surface area contributed by atoms with Gasteiger partial charge in [0.05, 0.1) is 17.7 Å². The molecule has 3 aromatic rings. The fourth-order valence-corrected chi connectivity index (χ4v) is 3.27. The van der Waals surface area contributed by atoms with E-state index in [4.69, 9.17) is 11.1 Å². The van der Waals surface area contributed by atoms with Crippen molar-refractivity contribution in [2.75, 3.05) is 0 Å². The summed E-state index contributed by atoms with van der Waals surface area (Å²) in [5.41, 5.74) is 9.99. The molecule has 1 aliphatic heterocycles. The zero-order valence-corrected chi connectivity index (χ0v) is 16.9. The lowest BCUT2D eigenvalue weighted by atomic mass is 10.1. The second-order valence-corrected chi connectivity index (χ2v) is 6.85. The van der Waals surface area contributed by atoms with Crippen molar-refractivity contribution in [3.63, 3.8) is 0 Å². The van der Waals surface area contributed by atoms with Crippen LogP contribution in [-0.2, 0) is 6.54 Å². The minimum Gasteiger partial charge on any atom is -0.384 e. The summed E-state index contributed by atoms with van der Waals surface area (Å²) in [6, 6.07) is 22.1. The molecule has 0 saturated heterocycles. The molecule has 0 unspecified atom stereocenters. The molecule has 1 aliphatic rings. The second-order valence-electron chi connectivity index (χ2n) is 6.85. The van der Waals surface area contributed by atoms with Gasteiger partial charge < -0.3 is 5.73 Å². The van der Waals surface area contributed by atoms with Crippen molar-refractivity contribution < 1.29 is 9.59 Å². The fourth-order valence-electron chi connectivity index (χ4n) is 3.27. The Morgan fingerprint density at radius 1 is 0.800 bits per heavy atom. The Kier molecular flexibility index (Phi) is 6.14. The van der Waals surface area contributed by atoms with Crippen molar-refractivity contribution in [2.24, 2.45) is 5.73 Å². The van der Waals surface area contributed by atoms with E-state index >= 15 is 0 Å². The Hall–Kier alpha value is -3.70. The van der Waals surface area contributed by atoms with Gasteiger partial charge in [0.2, 0.25) is 0 Å². The number of imide groups is 1. The number of halogens is 1. The number of amides is 2. The van der Waals surface area contributed by atoms with Crippen LogP contribution in [0.2, 0.25) is 0 Å². The second kappa shape index (κ2) is 8.76. The summed E-state index contributed by atoms with van der Waals surface area (Å²) < 4.78 is 0. The summed E-state index contributed by atoms with van der Waals surface area (Å²) >= 11 is 0. The first-order chi connectivity index (χ1) is 14.0. The maximum Gasteiger partial charge on any atom is 0.261 e. The molecular weight excluding hydrogens is 398 g/mol. The molecule has 150 valence electrons. The summed E-state index contributed by atoms with van der Waals surface area (Å²) in [6.07, 6.45) is 3.96. The average Bonchev–Trinajstić information content (AvgIpc) is 2.98. The lowest BCUT2D eigenvalue weighted by Crippen LogP contribution is -2.29. The van der Waals surface area contributed by atoms with Gasteiger partial charge in [0, 0.05) is 5.56 Å². The number of benzene rings is 3. The summed E-state index contributed by atoms with van der Waals surface area (Å²) in [4.78, 5) is 26.2. The lowest BCUT2D eigenvalue weighted by Gasteiger charge is -2.13. The molecule has 4 rings (SSSR count). The first-order valence-corrected chi connectivity index (χ1v) is 9.19. The average molecular weight is 418 g/mol. The van der Waals surface area contributed by atoms with E-state index in [2.05, 4.69) is 0 Å². The van der Waals surface area contributed by atoms with Gasteiger partial charge >= 0.3 is 0 Å². The summed E-state index contributed by atoms with van der Waals surface area (Å²) in [6.45, 7) is 0.253. The normalized spacial score (nSPS) is 12.7. The number of carbonyl (C=O) groups is 2. The lowest BCUT2D eigenvalue weighted by molar-refractivity contribution is 0.0642. The largest absolute Gasteiger partial charge is 0.384 e. The van der Waals surface area contributed by atoms with Crippen LogP contribution in [0.1, 0.15) is 43.0 Å².